The van der Waals surface area contributed by atoms with E-state index >= 15 is 0 Å². The molecule has 0 radical (unpaired) electrons. The number of pyridine rings is 1. The van der Waals surface area contributed by atoms with Crippen molar-refractivity contribution in [1.29, 1.82) is 0 Å². The van der Waals surface area contributed by atoms with Crippen LogP contribution in [0.2, 0.25) is 0 Å². The maximum absolute atomic E-state index is 11.6. The molecule has 6 heteroatoms. The molecule has 0 unspecified atom stereocenters. The zero-order valence-electron chi connectivity index (χ0n) is 7.23. The molecule has 0 aliphatic rings. The van der Waals surface area contributed by atoms with E-state index in [0.29, 0.717) is 4.60 Å². The molecule has 0 spiro atoms. The molecule has 0 aromatic carbocycles. The highest BCUT2D eigenvalue weighted by Crippen LogP contribution is 2.15. The van der Waals surface area contributed by atoms with Crippen LogP contribution in [0.5, 0.6) is 0 Å². The van der Waals surface area contributed by atoms with Crippen LogP contribution in [0, 0.1) is 0 Å². The van der Waals surface area contributed by atoms with Crippen molar-refractivity contribution in [1.82, 2.24) is 9.29 Å². The van der Waals surface area contributed by atoms with Crippen molar-refractivity contribution in [2.24, 2.45) is 0 Å². The first kappa shape index (κ1) is 10.6. The van der Waals surface area contributed by atoms with E-state index in [1.54, 1.807) is 0 Å². The summed E-state index contributed by atoms with van der Waals surface area (Å²) in [4.78, 5) is 4.08. The molecular formula is C7H9BrN2O2S. The van der Waals surface area contributed by atoms with E-state index in [2.05, 4.69) is 20.9 Å². The molecular weight excluding hydrogens is 256 g/mol. The number of nitrogens with zero attached hydrogens (tertiary/aromatic N) is 2. The molecule has 0 aliphatic heterocycles. The monoisotopic (exact) mass is 264 g/mol. The number of hydrogen-bond donors (Lipinski definition) is 0. The molecule has 0 saturated carbocycles. The minimum absolute atomic E-state index is 0.236. The van der Waals surface area contributed by atoms with Crippen molar-refractivity contribution in [2.45, 2.75) is 4.90 Å². The minimum Gasteiger partial charge on any atom is -0.249 e. The van der Waals surface area contributed by atoms with E-state index in [4.69, 9.17) is 0 Å². The molecule has 0 fully saturated rings. The lowest BCUT2D eigenvalue weighted by molar-refractivity contribution is 0.520. The van der Waals surface area contributed by atoms with Crippen LogP contribution >= 0.6 is 15.9 Å². The van der Waals surface area contributed by atoms with Gasteiger partial charge in [0.25, 0.3) is 0 Å². The largest absolute Gasteiger partial charge is 0.249 e. The number of sulfonamides is 1. The third kappa shape index (κ3) is 2.26. The molecule has 13 heavy (non-hydrogen) atoms. The van der Waals surface area contributed by atoms with Crippen LogP contribution in [-0.4, -0.2) is 31.8 Å². The van der Waals surface area contributed by atoms with Crippen molar-refractivity contribution < 1.29 is 8.42 Å². The lowest BCUT2D eigenvalue weighted by Crippen LogP contribution is -2.22. The molecule has 1 heterocycles. The van der Waals surface area contributed by atoms with Crippen LogP contribution < -0.4 is 0 Å². The highest BCUT2D eigenvalue weighted by molar-refractivity contribution is 9.10. The summed E-state index contributed by atoms with van der Waals surface area (Å²) in [7, 11) is -0.357. The Bertz CT molecular complexity index is 403. The highest BCUT2D eigenvalue weighted by Gasteiger charge is 2.16. The molecule has 0 saturated heterocycles. The van der Waals surface area contributed by atoms with Gasteiger partial charge in [0, 0.05) is 20.3 Å². The zero-order valence-corrected chi connectivity index (χ0v) is 9.63. The van der Waals surface area contributed by atoms with Crippen molar-refractivity contribution in [3.05, 3.63) is 22.9 Å². The van der Waals surface area contributed by atoms with Gasteiger partial charge in [0.05, 0.1) is 4.90 Å². The fourth-order valence-electron chi connectivity index (χ4n) is 0.756. The molecule has 1 rings (SSSR count). The molecule has 1 aromatic rings. The van der Waals surface area contributed by atoms with Gasteiger partial charge in [0.15, 0.2) is 0 Å². The molecule has 72 valence electrons. The van der Waals surface area contributed by atoms with Gasteiger partial charge in [0.1, 0.15) is 4.60 Å². The average Bonchev–Trinajstić information content (AvgIpc) is 2.04. The van der Waals surface area contributed by atoms with Gasteiger partial charge in [-0.05, 0) is 28.1 Å². The number of aromatic nitrogens is 1. The SMILES string of the molecule is CN(C)S(=O)(=O)c1ccnc(Br)c1. The standard InChI is InChI=1S/C7H9BrN2O2S/c1-10(2)13(11,12)6-3-4-9-7(8)5-6/h3-5H,1-2H3. The van der Waals surface area contributed by atoms with E-state index in [0.717, 1.165) is 4.31 Å². The number of rotatable bonds is 2. The minimum atomic E-state index is -3.34. The molecule has 0 bridgehead atoms. The van der Waals surface area contributed by atoms with Gasteiger partial charge >= 0.3 is 0 Å². The van der Waals surface area contributed by atoms with Crippen LogP contribution in [0.3, 0.4) is 0 Å². The van der Waals surface area contributed by atoms with Gasteiger partial charge in [-0.25, -0.2) is 17.7 Å². The molecule has 0 amide bonds. The molecule has 4 nitrogen and oxygen atoms in total. The predicted molar refractivity (Wildman–Crippen MR) is 52.8 cm³/mol. The Morgan fingerprint density at radius 3 is 2.54 bits per heavy atom. The molecule has 0 atom stereocenters. The Labute approximate surface area is 85.8 Å². The van der Waals surface area contributed by atoms with E-state index in [9.17, 15) is 8.42 Å². The number of halogens is 1. The maximum atomic E-state index is 11.6. The molecule has 0 N–H and O–H groups in total. The summed E-state index contributed by atoms with van der Waals surface area (Å²) in [6.07, 6.45) is 1.44. The summed E-state index contributed by atoms with van der Waals surface area (Å²) < 4.78 is 24.8. The Morgan fingerprint density at radius 2 is 2.08 bits per heavy atom. The third-order valence-electron chi connectivity index (χ3n) is 1.48. The lowest BCUT2D eigenvalue weighted by atomic mass is 10.5. The van der Waals surface area contributed by atoms with E-state index < -0.39 is 10.0 Å². The second-order valence-corrected chi connectivity index (χ2v) is 5.57. The first-order valence-electron chi connectivity index (χ1n) is 3.48. The Morgan fingerprint density at radius 1 is 1.46 bits per heavy atom. The highest BCUT2D eigenvalue weighted by atomic mass is 79.9. The summed E-state index contributed by atoms with van der Waals surface area (Å²) in [5, 5.41) is 0. The summed E-state index contributed by atoms with van der Waals surface area (Å²) >= 11 is 3.11. The van der Waals surface area contributed by atoms with Gasteiger partial charge in [-0.1, -0.05) is 0 Å². The van der Waals surface area contributed by atoms with Gasteiger partial charge < -0.3 is 0 Å². The molecule has 0 aliphatic carbocycles. The summed E-state index contributed by atoms with van der Waals surface area (Å²) in [6.45, 7) is 0. The van der Waals surface area contributed by atoms with Gasteiger partial charge in [-0.2, -0.15) is 0 Å². The third-order valence-corrected chi connectivity index (χ3v) is 3.72. The fourth-order valence-corrected chi connectivity index (χ4v) is 2.19. The predicted octanol–water partition coefficient (Wildman–Crippen LogP) is 1.09. The van der Waals surface area contributed by atoms with Crippen LogP contribution in [0.1, 0.15) is 0 Å². The first-order valence-corrected chi connectivity index (χ1v) is 5.72. The summed E-state index contributed by atoms with van der Waals surface area (Å²) in [5.74, 6) is 0. The van der Waals surface area contributed by atoms with E-state index in [1.165, 1.54) is 32.4 Å². The fraction of sp³-hybridized carbons (Fsp3) is 0.286. The number of hydrogen-bond acceptors (Lipinski definition) is 3. The Balaban J connectivity index is 3.24. The van der Waals surface area contributed by atoms with Crippen LogP contribution in [0.15, 0.2) is 27.8 Å². The van der Waals surface area contributed by atoms with Crippen molar-refractivity contribution in [2.75, 3.05) is 14.1 Å². The van der Waals surface area contributed by atoms with Gasteiger partial charge in [-0.15, -0.1) is 0 Å². The average molecular weight is 265 g/mol. The summed E-state index contributed by atoms with van der Waals surface area (Å²) in [5.41, 5.74) is 0. The van der Waals surface area contributed by atoms with Crippen molar-refractivity contribution >= 4 is 26.0 Å². The van der Waals surface area contributed by atoms with Crippen molar-refractivity contribution in [3.8, 4) is 0 Å². The lowest BCUT2D eigenvalue weighted by Gasteiger charge is -2.10. The topological polar surface area (TPSA) is 50.3 Å². The Hall–Kier alpha value is -0.460. The van der Waals surface area contributed by atoms with Gasteiger partial charge in [-0.3, -0.25) is 0 Å². The van der Waals surface area contributed by atoms with Crippen LogP contribution in [0.4, 0.5) is 0 Å². The second kappa shape index (κ2) is 3.73. The summed E-state index contributed by atoms with van der Waals surface area (Å²) in [6, 6.07) is 2.93. The van der Waals surface area contributed by atoms with E-state index in [1.807, 2.05) is 0 Å². The van der Waals surface area contributed by atoms with Crippen LogP contribution in [-0.2, 0) is 10.0 Å². The first-order chi connectivity index (χ1) is 5.94. The Kier molecular flexibility index (Phi) is 3.05. The van der Waals surface area contributed by atoms with Crippen molar-refractivity contribution in [3.63, 3.8) is 0 Å². The zero-order chi connectivity index (χ0) is 10.1. The van der Waals surface area contributed by atoms with Gasteiger partial charge in [0.2, 0.25) is 10.0 Å². The smallest absolute Gasteiger partial charge is 0.242 e. The maximum Gasteiger partial charge on any atom is 0.242 e. The normalized spacial score (nSPS) is 12.0. The van der Waals surface area contributed by atoms with Crippen LogP contribution in [0.25, 0.3) is 0 Å². The second-order valence-electron chi connectivity index (χ2n) is 2.60. The quantitative estimate of drug-likeness (QED) is 0.752. The molecule has 1 aromatic heterocycles. The van der Waals surface area contributed by atoms with E-state index in [-0.39, 0.29) is 4.90 Å².